The molecule has 1 atom stereocenters. The van der Waals surface area contributed by atoms with Gasteiger partial charge in [0.2, 0.25) is 0 Å². The quantitative estimate of drug-likeness (QED) is 0.825. The third-order valence-electron chi connectivity index (χ3n) is 3.95. The van der Waals surface area contributed by atoms with Gasteiger partial charge in [-0.15, -0.1) is 0 Å². The molecule has 0 radical (unpaired) electrons. The summed E-state index contributed by atoms with van der Waals surface area (Å²) in [7, 11) is 0. The number of hydrogen-bond donors (Lipinski definition) is 1. The van der Waals surface area contributed by atoms with E-state index in [1.165, 1.54) is 29.5 Å². The summed E-state index contributed by atoms with van der Waals surface area (Å²) in [4.78, 5) is 0. The van der Waals surface area contributed by atoms with Crippen molar-refractivity contribution >= 4 is 11.6 Å². The molecule has 1 N–H and O–H groups in total. The van der Waals surface area contributed by atoms with Crippen molar-refractivity contribution in [1.29, 1.82) is 0 Å². The molecule has 1 nitrogen and oxygen atoms in total. The van der Waals surface area contributed by atoms with Crippen LogP contribution in [0.15, 0.2) is 48.5 Å². The number of nitrogens with one attached hydrogen (secondary N) is 1. The minimum atomic E-state index is 0.467. The van der Waals surface area contributed by atoms with Gasteiger partial charge in [0.05, 0.1) is 0 Å². The summed E-state index contributed by atoms with van der Waals surface area (Å²) < 4.78 is 0. The highest BCUT2D eigenvalue weighted by atomic mass is 35.5. The first kappa shape index (κ1) is 13.7. The molecule has 104 valence electrons. The number of benzene rings is 2. The molecule has 2 aromatic carbocycles. The highest BCUT2D eigenvalue weighted by molar-refractivity contribution is 6.30. The van der Waals surface area contributed by atoms with Gasteiger partial charge in [0.15, 0.2) is 0 Å². The molecule has 0 saturated heterocycles. The number of halogens is 1. The molecule has 1 aliphatic carbocycles. The van der Waals surface area contributed by atoms with Gasteiger partial charge in [-0.3, -0.25) is 0 Å². The fourth-order valence-electron chi connectivity index (χ4n) is 2.63. The Bertz CT molecular complexity index is 572. The fraction of sp³-hybridized carbons (Fsp3) is 0.333. The molecule has 0 amide bonds. The standard InChI is InChI=1S/C18H20ClN/c1-13-5-7-15(8-6-13)18(16-9-10-16)20-12-14-3-2-4-17(19)11-14/h2-8,11,16,18,20H,9-10,12H2,1H3. The molecule has 2 aromatic rings. The zero-order valence-electron chi connectivity index (χ0n) is 11.8. The van der Waals surface area contributed by atoms with Crippen molar-refractivity contribution in [1.82, 2.24) is 5.32 Å². The fourth-order valence-corrected chi connectivity index (χ4v) is 2.85. The first-order valence-corrected chi connectivity index (χ1v) is 7.64. The van der Waals surface area contributed by atoms with Crippen LogP contribution in [0.25, 0.3) is 0 Å². The molecule has 0 aromatic heterocycles. The van der Waals surface area contributed by atoms with E-state index in [9.17, 15) is 0 Å². The maximum Gasteiger partial charge on any atom is 0.0409 e. The average Bonchev–Trinajstić information content (AvgIpc) is 3.26. The molecule has 1 fully saturated rings. The topological polar surface area (TPSA) is 12.0 Å². The zero-order chi connectivity index (χ0) is 13.9. The van der Waals surface area contributed by atoms with Crippen LogP contribution in [0.1, 0.15) is 35.6 Å². The van der Waals surface area contributed by atoms with E-state index in [1.54, 1.807) is 0 Å². The Balaban J connectivity index is 1.70. The van der Waals surface area contributed by atoms with Crippen molar-refractivity contribution in [2.75, 3.05) is 0 Å². The van der Waals surface area contributed by atoms with Crippen LogP contribution in [-0.2, 0) is 6.54 Å². The van der Waals surface area contributed by atoms with Gasteiger partial charge in [0.25, 0.3) is 0 Å². The van der Waals surface area contributed by atoms with Gasteiger partial charge in [-0.1, -0.05) is 53.6 Å². The van der Waals surface area contributed by atoms with E-state index in [-0.39, 0.29) is 0 Å². The Morgan fingerprint density at radius 3 is 2.55 bits per heavy atom. The van der Waals surface area contributed by atoms with Gasteiger partial charge in [0, 0.05) is 17.6 Å². The second-order valence-corrected chi connectivity index (χ2v) is 6.17. The minimum absolute atomic E-state index is 0.467. The van der Waals surface area contributed by atoms with E-state index >= 15 is 0 Å². The maximum absolute atomic E-state index is 6.04. The van der Waals surface area contributed by atoms with E-state index in [0.29, 0.717) is 6.04 Å². The molecular weight excluding hydrogens is 266 g/mol. The van der Waals surface area contributed by atoms with Crippen molar-refractivity contribution in [2.24, 2.45) is 5.92 Å². The minimum Gasteiger partial charge on any atom is -0.306 e. The Morgan fingerprint density at radius 2 is 1.90 bits per heavy atom. The third-order valence-corrected chi connectivity index (χ3v) is 4.18. The summed E-state index contributed by atoms with van der Waals surface area (Å²) in [6, 6.07) is 17.5. The second-order valence-electron chi connectivity index (χ2n) is 5.74. The van der Waals surface area contributed by atoms with Crippen LogP contribution in [0.3, 0.4) is 0 Å². The van der Waals surface area contributed by atoms with Gasteiger partial charge in [-0.05, 0) is 48.9 Å². The molecule has 2 heteroatoms. The first-order valence-electron chi connectivity index (χ1n) is 7.27. The summed E-state index contributed by atoms with van der Waals surface area (Å²) in [5.74, 6) is 0.789. The van der Waals surface area contributed by atoms with Crippen molar-refractivity contribution in [2.45, 2.75) is 32.4 Å². The smallest absolute Gasteiger partial charge is 0.0409 e. The molecule has 0 spiro atoms. The van der Waals surface area contributed by atoms with Crippen LogP contribution in [0.4, 0.5) is 0 Å². The Hall–Kier alpha value is -1.31. The van der Waals surface area contributed by atoms with Crippen molar-refractivity contribution in [3.63, 3.8) is 0 Å². The first-order chi connectivity index (χ1) is 9.72. The van der Waals surface area contributed by atoms with E-state index in [1.807, 2.05) is 18.2 Å². The summed E-state index contributed by atoms with van der Waals surface area (Å²) in [5.41, 5.74) is 3.97. The van der Waals surface area contributed by atoms with E-state index < -0.39 is 0 Å². The van der Waals surface area contributed by atoms with Crippen molar-refractivity contribution in [3.8, 4) is 0 Å². The summed E-state index contributed by atoms with van der Waals surface area (Å²) in [5, 5.41) is 4.51. The Labute approximate surface area is 126 Å². The maximum atomic E-state index is 6.04. The molecule has 3 rings (SSSR count). The lowest BCUT2D eigenvalue weighted by Gasteiger charge is -2.19. The number of aryl methyl sites for hydroxylation is 1. The second kappa shape index (κ2) is 5.99. The predicted molar refractivity (Wildman–Crippen MR) is 84.9 cm³/mol. The van der Waals surface area contributed by atoms with E-state index in [4.69, 9.17) is 11.6 Å². The molecule has 1 unspecified atom stereocenters. The molecule has 0 bridgehead atoms. The molecule has 20 heavy (non-hydrogen) atoms. The van der Waals surface area contributed by atoms with E-state index in [0.717, 1.165) is 17.5 Å². The highest BCUT2D eigenvalue weighted by Crippen LogP contribution is 2.41. The normalized spacial score (nSPS) is 16.1. The van der Waals surface area contributed by atoms with Crippen LogP contribution in [0.5, 0.6) is 0 Å². The van der Waals surface area contributed by atoms with Crippen molar-refractivity contribution < 1.29 is 0 Å². The monoisotopic (exact) mass is 285 g/mol. The van der Waals surface area contributed by atoms with Crippen LogP contribution in [0.2, 0.25) is 5.02 Å². The SMILES string of the molecule is Cc1ccc(C(NCc2cccc(Cl)c2)C2CC2)cc1. The highest BCUT2D eigenvalue weighted by Gasteiger charge is 2.31. The van der Waals surface area contributed by atoms with Gasteiger partial charge < -0.3 is 5.32 Å². The van der Waals surface area contributed by atoms with Gasteiger partial charge in [0.1, 0.15) is 0 Å². The average molecular weight is 286 g/mol. The van der Waals surface area contributed by atoms with Crippen LogP contribution in [0, 0.1) is 12.8 Å². The number of hydrogen-bond acceptors (Lipinski definition) is 1. The molecule has 1 saturated carbocycles. The molecule has 0 heterocycles. The lowest BCUT2D eigenvalue weighted by molar-refractivity contribution is 0.480. The largest absolute Gasteiger partial charge is 0.306 e. The molecular formula is C18H20ClN. The Morgan fingerprint density at radius 1 is 1.15 bits per heavy atom. The lowest BCUT2D eigenvalue weighted by Crippen LogP contribution is -2.22. The zero-order valence-corrected chi connectivity index (χ0v) is 12.5. The van der Waals surface area contributed by atoms with E-state index in [2.05, 4.69) is 42.6 Å². The van der Waals surface area contributed by atoms with Crippen LogP contribution >= 0.6 is 11.6 Å². The Kier molecular flexibility index (Phi) is 4.09. The van der Waals surface area contributed by atoms with Gasteiger partial charge in [-0.25, -0.2) is 0 Å². The summed E-state index contributed by atoms with van der Waals surface area (Å²) in [6.45, 7) is 3.00. The van der Waals surface area contributed by atoms with Gasteiger partial charge >= 0.3 is 0 Å². The third kappa shape index (κ3) is 3.41. The van der Waals surface area contributed by atoms with Crippen LogP contribution < -0.4 is 5.32 Å². The molecule has 1 aliphatic rings. The lowest BCUT2D eigenvalue weighted by atomic mass is 10.0. The predicted octanol–water partition coefficient (Wildman–Crippen LogP) is 4.89. The summed E-state index contributed by atoms with van der Waals surface area (Å²) in [6.07, 6.45) is 2.67. The molecule has 0 aliphatic heterocycles. The number of rotatable bonds is 5. The van der Waals surface area contributed by atoms with Gasteiger partial charge in [-0.2, -0.15) is 0 Å². The van der Waals surface area contributed by atoms with Crippen LogP contribution in [-0.4, -0.2) is 0 Å². The van der Waals surface area contributed by atoms with Crippen molar-refractivity contribution in [3.05, 3.63) is 70.2 Å². The summed E-state index contributed by atoms with van der Waals surface area (Å²) >= 11 is 6.04.